The van der Waals surface area contributed by atoms with E-state index < -0.39 is 23.6 Å². The van der Waals surface area contributed by atoms with E-state index in [0.29, 0.717) is 41.8 Å². The van der Waals surface area contributed by atoms with Crippen LogP contribution >= 0.6 is 0 Å². The number of rotatable bonds is 5. The van der Waals surface area contributed by atoms with Crippen molar-refractivity contribution < 1.29 is 32.2 Å². The minimum Gasteiger partial charge on any atom is -0.491 e. The standard InChI is InChI=1S/C30H32F3N5O4/c1-18-12-24-27(36-26(18)19-6-4-7-20(13-19)30(31,32)33)38(21-8-5-11-37(24)15-21)28(39)35-25-14-22(9-10-34-25)40-16-23-17-41-29(2,3)42-23/h4,6-7,9-10,12-14,21,23H,5,8,11,15-17H2,1-3H3,(H,34,35,39)/t21-,23-/m0/s1. The zero-order chi connectivity index (χ0) is 29.6. The summed E-state index contributed by atoms with van der Waals surface area (Å²) in [5, 5.41) is 2.87. The summed E-state index contributed by atoms with van der Waals surface area (Å²) in [6, 6.07) is 9.75. The van der Waals surface area contributed by atoms with Gasteiger partial charge in [-0.15, -0.1) is 0 Å². The van der Waals surface area contributed by atoms with Gasteiger partial charge in [-0.25, -0.2) is 14.8 Å². The van der Waals surface area contributed by atoms with Gasteiger partial charge in [-0.05, 0) is 63.4 Å². The maximum Gasteiger partial charge on any atom is 0.416 e. The maximum atomic E-state index is 13.8. The highest BCUT2D eigenvalue weighted by atomic mass is 19.4. The zero-order valence-electron chi connectivity index (χ0n) is 23.6. The Bertz CT molecular complexity index is 1500. The maximum absolute atomic E-state index is 13.8. The Balaban J connectivity index is 1.27. The van der Waals surface area contributed by atoms with Crippen LogP contribution in [0.25, 0.3) is 11.3 Å². The number of benzene rings is 1. The van der Waals surface area contributed by atoms with Crippen molar-refractivity contribution in [3.05, 3.63) is 59.8 Å². The first-order chi connectivity index (χ1) is 20.0. The highest BCUT2D eigenvalue weighted by Crippen LogP contribution is 2.42. The zero-order valence-corrected chi connectivity index (χ0v) is 23.6. The SMILES string of the molecule is Cc1cc2c(nc1-c1cccc(C(F)(F)F)c1)N(C(=O)Nc1cc(OC[C@H]3COC(C)(C)O3)ccn1)[C@H]1CCCN2C1. The predicted molar refractivity (Wildman–Crippen MR) is 151 cm³/mol. The van der Waals surface area contributed by atoms with Crippen molar-refractivity contribution in [2.45, 2.75) is 57.7 Å². The first kappa shape index (κ1) is 28.2. The lowest BCUT2D eigenvalue weighted by Crippen LogP contribution is -2.56. The van der Waals surface area contributed by atoms with E-state index in [0.717, 1.165) is 42.8 Å². The van der Waals surface area contributed by atoms with Crippen molar-refractivity contribution in [2.24, 2.45) is 0 Å². The van der Waals surface area contributed by atoms with Gasteiger partial charge in [0.05, 0.1) is 29.6 Å². The molecule has 2 amide bonds. The van der Waals surface area contributed by atoms with Crippen LogP contribution in [0.4, 0.5) is 35.3 Å². The normalized spacial score (nSPS) is 21.2. The van der Waals surface area contributed by atoms with E-state index in [1.54, 1.807) is 29.3 Å². The third-order valence-electron chi connectivity index (χ3n) is 7.66. The average Bonchev–Trinajstić information content (AvgIpc) is 3.30. The Hall–Kier alpha value is -3.90. The number of hydrogen-bond donors (Lipinski definition) is 1. The summed E-state index contributed by atoms with van der Waals surface area (Å²) in [4.78, 5) is 26.7. The predicted octanol–water partition coefficient (Wildman–Crippen LogP) is 6.02. The lowest BCUT2D eigenvalue weighted by Gasteiger charge is -2.46. The van der Waals surface area contributed by atoms with Crippen molar-refractivity contribution in [1.29, 1.82) is 0 Å². The van der Waals surface area contributed by atoms with Crippen LogP contribution in [0.5, 0.6) is 5.75 Å². The number of aryl methyl sites for hydroxylation is 1. The van der Waals surface area contributed by atoms with Crippen molar-refractivity contribution in [1.82, 2.24) is 9.97 Å². The number of carbonyl (C=O) groups is 1. The highest BCUT2D eigenvalue weighted by molar-refractivity contribution is 6.04. The van der Waals surface area contributed by atoms with E-state index in [1.807, 2.05) is 26.8 Å². The van der Waals surface area contributed by atoms with Gasteiger partial charge in [0.1, 0.15) is 24.3 Å². The van der Waals surface area contributed by atoms with Crippen molar-refractivity contribution in [2.75, 3.05) is 41.4 Å². The second kappa shape index (κ2) is 10.7. The van der Waals surface area contributed by atoms with Gasteiger partial charge < -0.3 is 19.1 Å². The number of halogens is 3. The molecular weight excluding hydrogens is 551 g/mol. The van der Waals surface area contributed by atoms with Crippen molar-refractivity contribution >= 4 is 23.4 Å². The molecule has 2 fully saturated rings. The first-order valence-corrected chi connectivity index (χ1v) is 13.9. The third kappa shape index (κ3) is 5.73. The van der Waals surface area contributed by atoms with E-state index in [-0.39, 0.29) is 18.8 Å². The Morgan fingerprint density at radius 3 is 2.81 bits per heavy atom. The highest BCUT2D eigenvalue weighted by Gasteiger charge is 2.39. The molecule has 6 rings (SSSR count). The number of aromatic nitrogens is 2. The van der Waals surface area contributed by atoms with E-state index >= 15 is 0 Å². The third-order valence-corrected chi connectivity index (χ3v) is 7.66. The lowest BCUT2D eigenvalue weighted by atomic mass is 9.97. The molecule has 0 unspecified atom stereocenters. The molecule has 5 heterocycles. The van der Waals surface area contributed by atoms with Crippen LogP contribution in [-0.2, 0) is 15.7 Å². The average molecular weight is 584 g/mol. The summed E-state index contributed by atoms with van der Waals surface area (Å²) in [5.74, 6) is 0.566. The molecule has 2 aromatic heterocycles. The number of carbonyl (C=O) groups excluding carboxylic acids is 1. The summed E-state index contributed by atoms with van der Waals surface area (Å²) in [7, 11) is 0. The monoisotopic (exact) mass is 583 g/mol. The summed E-state index contributed by atoms with van der Waals surface area (Å²) in [6.07, 6.45) is -1.49. The number of amides is 2. The van der Waals surface area contributed by atoms with Gasteiger partial charge in [0.15, 0.2) is 11.6 Å². The molecule has 0 radical (unpaired) electrons. The summed E-state index contributed by atoms with van der Waals surface area (Å²) in [6.45, 7) is 7.66. The summed E-state index contributed by atoms with van der Waals surface area (Å²) < 4.78 is 57.6. The van der Waals surface area contributed by atoms with Crippen LogP contribution in [0, 0.1) is 6.92 Å². The van der Waals surface area contributed by atoms with Gasteiger partial charge >= 0.3 is 12.2 Å². The molecule has 3 aliphatic rings. The number of nitrogens with zero attached hydrogens (tertiary/aromatic N) is 4. The number of alkyl halides is 3. The molecule has 0 saturated carbocycles. The molecule has 0 spiro atoms. The van der Waals surface area contributed by atoms with Crippen LogP contribution in [0.15, 0.2) is 48.7 Å². The number of nitrogens with one attached hydrogen (secondary N) is 1. The minimum absolute atomic E-state index is 0.155. The topological polar surface area (TPSA) is 89.1 Å². The van der Waals surface area contributed by atoms with Gasteiger partial charge in [-0.1, -0.05) is 12.1 Å². The Morgan fingerprint density at radius 2 is 2.05 bits per heavy atom. The Labute approximate surface area is 241 Å². The Morgan fingerprint density at radius 1 is 1.21 bits per heavy atom. The number of piperidine rings is 1. The quantitative estimate of drug-likeness (QED) is 0.393. The number of ether oxygens (including phenoxy) is 3. The van der Waals surface area contributed by atoms with E-state index in [4.69, 9.17) is 19.2 Å². The molecule has 12 heteroatoms. The van der Waals surface area contributed by atoms with Gasteiger partial charge in [-0.2, -0.15) is 13.2 Å². The molecule has 42 heavy (non-hydrogen) atoms. The molecule has 1 N–H and O–H groups in total. The molecule has 222 valence electrons. The summed E-state index contributed by atoms with van der Waals surface area (Å²) in [5.41, 5.74) is 1.49. The molecule has 0 aliphatic carbocycles. The van der Waals surface area contributed by atoms with Crippen LogP contribution < -0.4 is 19.9 Å². The second-order valence-electron chi connectivity index (χ2n) is 11.3. The largest absolute Gasteiger partial charge is 0.491 e. The van der Waals surface area contributed by atoms with Crippen LogP contribution in [0.2, 0.25) is 0 Å². The van der Waals surface area contributed by atoms with Crippen molar-refractivity contribution in [3.63, 3.8) is 0 Å². The van der Waals surface area contributed by atoms with Crippen molar-refractivity contribution in [3.8, 4) is 17.0 Å². The fraction of sp³-hybridized carbons (Fsp3) is 0.433. The van der Waals surface area contributed by atoms with Gasteiger partial charge in [-0.3, -0.25) is 10.2 Å². The number of hydrogen-bond acceptors (Lipinski definition) is 7. The molecule has 1 aromatic carbocycles. The van der Waals surface area contributed by atoms with Crippen LogP contribution in [-0.4, -0.2) is 60.2 Å². The fourth-order valence-electron chi connectivity index (χ4n) is 5.73. The van der Waals surface area contributed by atoms with E-state index in [1.165, 1.54) is 6.07 Å². The first-order valence-electron chi connectivity index (χ1n) is 13.9. The molecule has 2 atom stereocenters. The van der Waals surface area contributed by atoms with Crippen LogP contribution in [0.1, 0.15) is 37.8 Å². The number of fused-ring (bicyclic) bond motifs is 4. The van der Waals surface area contributed by atoms with Gasteiger partial charge in [0, 0.05) is 30.9 Å². The molecule has 3 aromatic rings. The van der Waals surface area contributed by atoms with Gasteiger partial charge in [0.2, 0.25) is 0 Å². The molecule has 9 nitrogen and oxygen atoms in total. The van der Waals surface area contributed by atoms with E-state index in [9.17, 15) is 18.0 Å². The second-order valence-corrected chi connectivity index (χ2v) is 11.3. The molecule has 2 saturated heterocycles. The van der Waals surface area contributed by atoms with Gasteiger partial charge in [0.25, 0.3) is 0 Å². The minimum atomic E-state index is -4.48. The number of pyridine rings is 2. The number of anilines is 3. The molecule has 2 bridgehead atoms. The fourth-order valence-corrected chi connectivity index (χ4v) is 5.73. The van der Waals surface area contributed by atoms with Crippen LogP contribution in [0.3, 0.4) is 0 Å². The summed E-state index contributed by atoms with van der Waals surface area (Å²) >= 11 is 0. The smallest absolute Gasteiger partial charge is 0.416 e. The molecule has 3 aliphatic heterocycles. The van der Waals surface area contributed by atoms with E-state index in [2.05, 4.69) is 15.2 Å². The lowest BCUT2D eigenvalue weighted by molar-refractivity contribution is -0.141. The Kier molecular flexibility index (Phi) is 7.22. The molecular formula is C30H32F3N5O4. The number of urea groups is 1.